The van der Waals surface area contributed by atoms with Crippen LogP contribution in [-0.2, 0) is 0 Å². The number of benzene rings is 3. The van der Waals surface area contributed by atoms with Crippen molar-refractivity contribution >= 4 is 17.7 Å². The average Bonchev–Trinajstić information content (AvgIpc) is 3.40. The topological polar surface area (TPSA) is 134 Å². The van der Waals surface area contributed by atoms with E-state index in [1.54, 1.807) is 41.3 Å². The molecular formula is C61H97N3O9. The SMILES string of the molecule is CCCCCCOc1ccc(C(=O)NCCN(CCNC(=O)c2ccc(OCCCCCC)c(OCCCCCC)c2)C(=O)c2ccc(OCCCCCC)c(OCCCCCC)c2)cc1OCCCCCC. The summed E-state index contributed by atoms with van der Waals surface area (Å²) in [5.41, 5.74) is 1.31. The number of hydrogen-bond donors (Lipinski definition) is 2. The van der Waals surface area contributed by atoms with Crippen LogP contribution in [0.4, 0.5) is 0 Å². The fraction of sp³-hybridized carbons (Fsp3) is 0.656. The zero-order chi connectivity index (χ0) is 52.6. The highest BCUT2D eigenvalue weighted by atomic mass is 16.5. The number of carbonyl (C=O) groups excluding carboxylic acids is 3. The Morgan fingerprint density at radius 3 is 0.890 bits per heavy atom. The average molecular weight is 1020 g/mol. The molecular weight excluding hydrogens is 919 g/mol. The molecule has 3 aromatic rings. The van der Waals surface area contributed by atoms with E-state index >= 15 is 0 Å². The Labute approximate surface area is 441 Å². The van der Waals surface area contributed by atoms with Crippen LogP contribution in [0.3, 0.4) is 0 Å². The summed E-state index contributed by atoms with van der Waals surface area (Å²) >= 11 is 0. The number of rotatable bonds is 45. The summed E-state index contributed by atoms with van der Waals surface area (Å²) in [6, 6.07) is 16.0. The minimum atomic E-state index is -0.290. The van der Waals surface area contributed by atoms with Gasteiger partial charge >= 0.3 is 0 Å². The molecule has 3 aromatic carbocycles. The van der Waals surface area contributed by atoms with Gasteiger partial charge in [-0.3, -0.25) is 14.4 Å². The van der Waals surface area contributed by atoms with Gasteiger partial charge in [-0.1, -0.05) is 157 Å². The van der Waals surface area contributed by atoms with Crippen molar-refractivity contribution in [2.45, 2.75) is 196 Å². The van der Waals surface area contributed by atoms with Crippen LogP contribution in [0.1, 0.15) is 227 Å². The molecule has 0 fully saturated rings. The quantitative estimate of drug-likeness (QED) is 0.0531. The van der Waals surface area contributed by atoms with Gasteiger partial charge in [0.1, 0.15) is 0 Å². The molecule has 3 rings (SSSR count). The van der Waals surface area contributed by atoms with E-state index < -0.39 is 0 Å². The van der Waals surface area contributed by atoms with Crippen LogP contribution in [0.5, 0.6) is 34.5 Å². The monoisotopic (exact) mass is 1020 g/mol. The number of nitrogens with one attached hydrogen (secondary N) is 2. The van der Waals surface area contributed by atoms with Gasteiger partial charge in [-0.2, -0.15) is 0 Å². The molecule has 3 amide bonds. The van der Waals surface area contributed by atoms with Gasteiger partial charge < -0.3 is 44.0 Å². The van der Waals surface area contributed by atoms with Gasteiger partial charge in [-0.05, 0) is 93.1 Å². The molecule has 0 aliphatic heterocycles. The van der Waals surface area contributed by atoms with Crippen LogP contribution in [0.15, 0.2) is 54.6 Å². The van der Waals surface area contributed by atoms with E-state index in [2.05, 4.69) is 52.2 Å². The summed E-state index contributed by atoms with van der Waals surface area (Å²) in [6.45, 7) is 17.1. The molecule has 0 radical (unpaired) electrons. The van der Waals surface area contributed by atoms with E-state index in [1.807, 2.05) is 18.2 Å². The molecule has 0 aliphatic carbocycles. The number of hydrogen-bond acceptors (Lipinski definition) is 9. The van der Waals surface area contributed by atoms with Crippen LogP contribution < -0.4 is 39.1 Å². The largest absolute Gasteiger partial charge is 0.490 e. The third-order valence-corrected chi connectivity index (χ3v) is 12.8. The lowest BCUT2D eigenvalue weighted by atomic mass is 10.1. The first-order valence-corrected chi connectivity index (χ1v) is 28.8. The minimum absolute atomic E-state index is 0.167. The fourth-order valence-corrected chi connectivity index (χ4v) is 8.21. The van der Waals surface area contributed by atoms with Gasteiger partial charge in [-0.25, -0.2) is 0 Å². The van der Waals surface area contributed by atoms with Crippen molar-refractivity contribution in [2.24, 2.45) is 0 Å². The minimum Gasteiger partial charge on any atom is -0.490 e. The Kier molecular flexibility index (Phi) is 34.3. The molecule has 0 atom stereocenters. The van der Waals surface area contributed by atoms with Crippen molar-refractivity contribution in [2.75, 3.05) is 65.8 Å². The summed E-state index contributed by atoms with van der Waals surface area (Å²) in [6.07, 6.45) is 25.8. The van der Waals surface area contributed by atoms with Crippen molar-refractivity contribution in [3.8, 4) is 34.5 Å². The van der Waals surface area contributed by atoms with Crippen LogP contribution in [-0.4, -0.2) is 88.4 Å². The lowest BCUT2D eigenvalue weighted by Crippen LogP contribution is -2.42. The molecule has 0 aliphatic rings. The van der Waals surface area contributed by atoms with E-state index in [4.69, 9.17) is 28.4 Å². The van der Waals surface area contributed by atoms with E-state index in [1.165, 1.54) is 0 Å². The Balaban J connectivity index is 1.84. The number of nitrogens with zero attached hydrogens (tertiary/aromatic N) is 1. The highest BCUT2D eigenvalue weighted by molar-refractivity contribution is 5.97. The Morgan fingerprint density at radius 1 is 0.342 bits per heavy atom. The Morgan fingerprint density at radius 2 is 0.603 bits per heavy atom. The third kappa shape index (κ3) is 26.1. The van der Waals surface area contributed by atoms with E-state index in [0.717, 1.165) is 154 Å². The third-order valence-electron chi connectivity index (χ3n) is 12.8. The summed E-state index contributed by atoms with van der Waals surface area (Å²) in [7, 11) is 0. The lowest BCUT2D eigenvalue weighted by molar-refractivity contribution is 0.0742. The van der Waals surface area contributed by atoms with Gasteiger partial charge in [0.05, 0.1) is 39.6 Å². The Bertz CT molecular complexity index is 1850. The van der Waals surface area contributed by atoms with E-state index in [-0.39, 0.29) is 43.9 Å². The molecule has 73 heavy (non-hydrogen) atoms. The second-order valence-electron chi connectivity index (χ2n) is 19.2. The van der Waals surface area contributed by atoms with E-state index in [0.29, 0.717) is 90.8 Å². The van der Waals surface area contributed by atoms with Gasteiger partial charge in [0.2, 0.25) is 0 Å². The van der Waals surface area contributed by atoms with Gasteiger partial charge in [0.15, 0.2) is 34.5 Å². The van der Waals surface area contributed by atoms with Crippen LogP contribution in [0, 0.1) is 0 Å². The lowest BCUT2D eigenvalue weighted by Gasteiger charge is -2.24. The van der Waals surface area contributed by atoms with Gasteiger partial charge in [-0.15, -0.1) is 0 Å². The number of ether oxygens (including phenoxy) is 6. The van der Waals surface area contributed by atoms with Crippen molar-refractivity contribution in [3.05, 3.63) is 71.3 Å². The zero-order valence-electron chi connectivity index (χ0n) is 46.4. The second kappa shape index (κ2) is 40.3. The van der Waals surface area contributed by atoms with Crippen molar-refractivity contribution in [1.29, 1.82) is 0 Å². The highest BCUT2D eigenvalue weighted by Gasteiger charge is 2.21. The maximum Gasteiger partial charge on any atom is 0.254 e. The molecule has 12 heteroatoms. The molecule has 0 heterocycles. The second-order valence-corrected chi connectivity index (χ2v) is 19.2. The maximum atomic E-state index is 14.6. The zero-order valence-corrected chi connectivity index (χ0v) is 46.4. The highest BCUT2D eigenvalue weighted by Crippen LogP contribution is 2.32. The van der Waals surface area contributed by atoms with Crippen molar-refractivity contribution in [1.82, 2.24) is 15.5 Å². The molecule has 410 valence electrons. The fourth-order valence-electron chi connectivity index (χ4n) is 8.21. The van der Waals surface area contributed by atoms with Crippen LogP contribution in [0.2, 0.25) is 0 Å². The number of carbonyl (C=O) groups is 3. The van der Waals surface area contributed by atoms with Gasteiger partial charge in [0.25, 0.3) is 17.7 Å². The standard InChI is InChI=1S/C61H97N3O9/c1-7-13-19-25-41-68-53-34-31-50(47-56(53)71-44-28-22-16-10-4)59(65)62-37-39-64(61(67)52-33-36-55(70-43-27-21-15-9-3)58(49-52)73-46-30-24-18-12-6)40-38-63-60(66)51-32-35-54(69-42-26-20-14-8-2)57(48-51)72-45-29-23-17-11-5/h31-36,47-49H,7-30,37-46H2,1-6H3,(H,62,65)(H,63,66). The molecule has 0 bridgehead atoms. The normalized spacial score (nSPS) is 11.0. The predicted octanol–water partition coefficient (Wildman–Crippen LogP) is 14.7. The molecule has 2 N–H and O–H groups in total. The summed E-state index contributed by atoms with van der Waals surface area (Å²) in [4.78, 5) is 43.8. The van der Waals surface area contributed by atoms with E-state index in [9.17, 15) is 14.4 Å². The molecule has 0 spiro atoms. The first kappa shape index (κ1) is 62.2. The van der Waals surface area contributed by atoms with Crippen molar-refractivity contribution in [3.63, 3.8) is 0 Å². The smallest absolute Gasteiger partial charge is 0.254 e. The summed E-state index contributed by atoms with van der Waals surface area (Å²) < 4.78 is 37.2. The van der Waals surface area contributed by atoms with Gasteiger partial charge in [0, 0.05) is 42.9 Å². The van der Waals surface area contributed by atoms with Crippen molar-refractivity contribution < 1.29 is 42.8 Å². The molecule has 0 aromatic heterocycles. The number of amides is 3. The summed E-state index contributed by atoms with van der Waals surface area (Å²) in [5.74, 6) is 2.69. The molecule has 0 unspecified atom stereocenters. The van der Waals surface area contributed by atoms with Crippen LogP contribution >= 0.6 is 0 Å². The summed E-state index contributed by atoms with van der Waals surface area (Å²) in [5, 5.41) is 6.07. The molecule has 12 nitrogen and oxygen atoms in total. The predicted molar refractivity (Wildman–Crippen MR) is 298 cm³/mol. The van der Waals surface area contributed by atoms with Crippen LogP contribution in [0.25, 0.3) is 0 Å². The Hall–Kier alpha value is -5.13. The maximum absolute atomic E-state index is 14.6. The first-order valence-electron chi connectivity index (χ1n) is 28.8. The first-order chi connectivity index (χ1) is 35.8. The molecule has 0 saturated heterocycles. The molecule has 0 saturated carbocycles. The number of unbranched alkanes of at least 4 members (excludes halogenated alkanes) is 18.